The topological polar surface area (TPSA) is 55.4 Å². The third-order valence-corrected chi connectivity index (χ3v) is 2.94. The van der Waals surface area contributed by atoms with E-state index in [2.05, 4.69) is 10.1 Å². The van der Waals surface area contributed by atoms with E-state index in [0.29, 0.717) is 12.0 Å². The van der Waals surface area contributed by atoms with Gasteiger partial charge in [-0.1, -0.05) is 30.4 Å². The molecule has 2 atom stereocenters. The van der Waals surface area contributed by atoms with Gasteiger partial charge in [-0.05, 0) is 18.6 Å². The molecule has 94 valence electrons. The zero-order valence-electron chi connectivity index (χ0n) is 10.1. The first-order chi connectivity index (χ1) is 8.70. The van der Waals surface area contributed by atoms with Gasteiger partial charge in [-0.25, -0.2) is 0 Å². The maximum Gasteiger partial charge on any atom is 0.312 e. The van der Waals surface area contributed by atoms with Crippen LogP contribution >= 0.6 is 0 Å². The van der Waals surface area contributed by atoms with E-state index in [1.807, 2.05) is 24.3 Å². The highest BCUT2D eigenvalue weighted by Crippen LogP contribution is 2.19. The Balaban J connectivity index is 1.91. The number of amides is 1. The third kappa shape index (κ3) is 2.77. The van der Waals surface area contributed by atoms with Crippen LogP contribution in [0.25, 0.3) is 0 Å². The molecule has 0 aliphatic heterocycles. The molecule has 0 aromatic heterocycles. The minimum atomic E-state index is -0.261. The van der Waals surface area contributed by atoms with Gasteiger partial charge in [-0.15, -0.1) is 0 Å². The number of carbonyl (C=O) groups is 2. The second-order valence-corrected chi connectivity index (χ2v) is 4.20. The van der Waals surface area contributed by atoms with Gasteiger partial charge in [0.2, 0.25) is 0 Å². The molecule has 0 radical (unpaired) electrons. The number of nitrogens with one attached hydrogen (secondary N) is 1. The summed E-state index contributed by atoms with van der Waals surface area (Å²) in [7, 11) is 1.37. The number of ether oxygens (including phenoxy) is 1. The lowest BCUT2D eigenvalue weighted by molar-refractivity contribution is -0.143. The Labute approximate surface area is 106 Å². The van der Waals surface area contributed by atoms with Gasteiger partial charge in [0, 0.05) is 11.6 Å². The molecule has 0 heterocycles. The summed E-state index contributed by atoms with van der Waals surface area (Å²) in [5.41, 5.74) is 0.618. The van der Waals surface area contributed by atoms with Gasteiger partial charge in [0.05, 0.1) is 13.0 Å². The number of rotatable bonds is 3. The van der Waals surface area contributed by atoms with Gasteiger partial charge in [0.25, 0.3) is 5.91 Å². The Kier molecular flexibility index (Phi) is 3.77. The summed E-state index contributed by atoms with van der Waals surface area (Å²) in [6, 6.07) is 8.89. The van der Waals surface area contributed by atoms with Crippen LogP contribution in [0, 0.1) is 5.92 Å². The molecule has 1 N–H and O–H groups in total. The number of carbonyl (C=O) groups excluding carboxylic acids is 2. The molecule has 1 aliphatic carbocycles. The summed E-state index contributed by atoms with van der Waals surface area (Å²) in [4.78, 5) is 23.2. The van der Waals surface area contributed by atoms with E-state index in [1.165, 1.54) is 7.11 Å². The molecule has 0 saturated carbocycles. The standard InChI is InChI=1S/C14H15NO3/c1-18-14(17)11-7-8-12(9-11)15-13(16)10-5-3-2-4-6-10/h2-8,11-12H,9H2,1H3,(H,15,16)/t11?,12-/m0/s1. The molecule has 1 aromatic rings. The monoisotopic (exact) mass is 245 g/mol. The lowest BCUT2D eigenvalue weighted by Gasteiger charge is -2.12. The van der Waals surface area contributed by atoms with Crippen LogP contribution in [0.2, 0.25) is 0 Å². The number of hydrogen-bond donors (Lipinski definition) is 1. The van der Waals surface area contributed by atoms with Crippen molar-refractivity contribution in [3.63, 3.8) is 0 Å². The van der Waals surface area contributed by atoms with Crippen LogP contribution in [-0.4, -0.2) is 25.0 Å². The van der Waals surface area contributed by atoms with Crippen molar-refractivity contribution in [1.82, 2.24) is 5.32 Å². The van der Waals surface area contributed by atoms with Crippen molar-refractivity contribution in [3.8, 4) is 0 Å². The Morgan fingerprint density at radius 1 is 1.22 bits per heavy atom. The average Bonchev–Trinajstić information content (AvgIpc) is 2.87. The molecule has 1 unspecified atom stereocenters. The van der Waals surface area contributed by atoms with E-state index in [9.17, 15) is 9.59 Å². The van der Waals surface area contributed by atoms with Crippen LogP contribution in [-0.2, 0) is 9.53 Å². The molecule has 1 aliphatic rings. The Morgan fingerprint density at radius 2 is 1.94 bits per heavy atom. The van der Waals surface area contributed by atoms with Crippen LogP contribution in [0.1, 0.15) is 16.8 Å². The van der Waals surface area contributed by atoms with Crippen molar-refractivity contribution in [2.45, 2.75) is 12.5 Å². The molecule has 18 heavy (non-hydrogen) atoms. The first-order valence-corrected chi connectivity index (χ1v) is 5.83. The van der Waals surface area contributed by atoms with Gasteiger partial charge < -0.3 is 10.1 Å². The summed E-state index contributed by atoms with van der Waals surface area (Å²) in [6.07, 6.45) is 4.18. The minimum absolute atomic E-state index is 0.109. The Morgan fingerprint density at radius 3 is 2.61 bits per heavy atom. The van der Waals surface area contributed by atoms with Crippen LogP contribution in [0.3, 0.4) is 0 Å². The second kappa shape index (κ2) is 5.49. The van der Waals surface area contributed by atoms with E-state index < -0.39 is 0 Å². The maximum atomic E-state index is 11.9. The second-order valence-electron chi connectivity index (χ2n) is 4.20. The van der Waals surface area contributed by atoms with Crippen molar-refractivity contribution >= 4 is 11.9 Å². The third-order valence-electron chi connectivity index (χ3n) is 2.94. The van der Waals surface area contributed by atoms with Gasteiger partial charge in [0.15, 0.2) is 0 Å². The van der Waals surface area contributed by atoms with Gasteiger partial charge in [0.1, 0.15) is 0 Å². The Hall–Kier alpha value is -2.10. The largest absolute Gasteiger partial charge is 0.469 e. The van der Waals surface area contributed by atoms with Gasteiger partial charge >= 0.3 is 5.97 Å². The van der Waals surface area contributed by atoms with Gasteiger partial charge in [-0.3, -0.25) is 9.59 Å². The summed E-state index contributed by atoms with van der Waals surface area (Å²) < 4.78 is 4.67. The van der Waals surface area contributed by atoms with Crippen molar-refractivity contribution in [1.29, 1.82) is 0 Å². The smallest absolute Gasteiger partial charge is 0.312 e. The zero-order valence-corrected chi connectivity index (χ0v) is 10.1. The van der Waals surface area contributed by atoms with E-state index >= 15 is 0 Å². The minimum Gasteiger partial charge on any atom is -0.469 e. The Bertz CT molecular complexity index is 467. The highest BCUT2D eigenvalue weighted by atomic mass is 16.5. The average molecular weight is 245 g/mol. The molecule has 4 nitrogen and oxygen atoms in total. The summed E-state index contributed by atoms with van der Waals surface area (Å²) >= 11 is 0. The zero-order chi connectivity index (χ0) is 13.0. The van der Waals surface area contributed by atoms with Crippen LogP contribution < -0.4 is 5.32 Å². The molecule has 0 bridgehead atoms. The number of esters is 1. The van der Waals surface area contributed by atoms with Crippen molar-refractivity contribution in [3.05, 3.63) is 48.0 Å². The highest BCUT2D eigenvalue weighted by Gasteiger charge is 2.26. The molecule has 0 fully saturated rings. The maximum absolute atomic E-state index is 11.9. The van der Waals surface area contributed by atoms with E-state index in [4.69, 9.17) is 0 Å². The molecule has 1 aromatic carbocycles. The molecule has 1 amide bonds. The highest BCUT2D eigenvalue weighted by molar-refractivity contribution is 5.94. The van der Waals surface area contributed by atoms with Crippen LogP contribution in [0.4, 0.5) is 0 Å². The molecule has 0 spiro atoms. The first-order valence-electron chi connectivity index (χ1n) is 5.83. The number of hydrogen-bond acceptors (Lipinski definition) is 3. The van der Waals surface area contributed by atoms with Crippen LogP contribution in [0.15, 0.2) is 42.5 Å². The predicted octanol–water partition coefficient (Wildman–Crippen LogP) is 1.53. The van der Waals surface area contributed by atoms with E-state index in [0.717, 1.165) is 0 Å². The van der Waals surface area contributed by atoms with Crippen molar-refractivity contribution in [2.24, 2.45) is 5.92 Å². The fraction of sp³-hybridized carbons (Fsp3) is 0.286. The summed E-state index contributed by atoms with van der Waals surface area (Å²) in [5.74, 6) is -0.644. The van der Waals surface area contributed by atoms with Crippen molar-refractivity contribution in [2.75, 3.05) is 7.11 Å². The van der Waals surface area contributed by atoms with E-state index in [1.54, 1.807) is 18.2 Å². The van der Waals surface area contributed by atoms with E-state index in [-0.39, 0.29) is 23.8 Å². The molecule has 2 rings (SSSR count). The SMILES string of the molecule is COC(=O)C1C=C[C@H](NC(=O)c2ccccc2)C1. The molecular weight excluding hydrogens is 230 g/mol. The molecular formula is C14H15NO3. The fourth-order valence-corrected chi connectivity index (χ4v) is 1.97. The molecule has 0 saturated heterocycles. The van der Waals surface area contributed by atoms with Crippen LogP contribution in [0.5, 0.6) is 0 Å². The predicted molar refractivity (Wildman–Crippen MR) is 67.0 cm³/mol. The fourth-order valence-electron chi connectivity index (χ4n) is 1.97. The lowest BCUT2D eigenvalue weighted by atomic mass is 10.1. The normalized spacial score (nSPS) is 21.6. The number of benzene rings is 1. The molecule has 4 heteroatoms. The van der Waals surface area contributed by atoms with Gasteiger partial charge in [-0.2, -0.15) is 0 Å². The summed E-state index contributed by atoms with van der Waals surface area (Å²) in [6.45, 7) is 0. The lowest BCUT2D eigenvalue weighted by Crippen LogP contribution is -2.33. The first kappa shape index (κ1) is 12.4. The quantitative estimate of drug-likeness (QED) is 0.649. The van der Waals surface area contributed by atoms with Crippen molar-refractivity contribution < 1.29 is 14.3 Å². The summed E-state index contributed by atoms with van der Waals surface area (Å²) in [5, 5.41) is 2.87. The number of methoxy groups -OCH3 is 1.